The largest absolute Gasteiger partial charge is 0.461 e. The number of nitriles is 1. The second-order valence-electron chi connectivity index (χ2n) is 16.4. The Morgan fingerprint density at radius 3 is 2.66 bits per heavy atom. The summed E-state index contributed by atoms with van der Waals surface area (Å²) < 4.78 is 105. The Morgan fingerprint density at radius 2 is 1.95 bits per heavy atom. The van der Waals surface area contributed by atoms with Crippen molar-refractivity contribution in [2.45, 2.75) is 102 Å². The van der Waals surface area contributed by atoms with Gasteiger partial charge in [0.1, 0.15) is 46.6 Å². The van der Waals surface area contributed by atoms with E-state index in [1.165, 1.54) is 0 Å². The molecule has 4 fully saturated rings. The zero-order valence-electron chi connectivity index (χ0n) is 32.2. The van der Waals surface area contributed by atoms with Crippen LogP contribution in [0.3, 0.4) is 0 Å². The number of rotatable bonds is 8. The van der Waals surface area contributed by atoms with Crippen LogP contribution in [0.1, 0.15) is 77.3 Å². The Morgan fingerprint density at radius 1 is 1.17 bits per heavy atom. The van der Waals surface area contributed by atoms with E-state index in [1.807, 2.05) is 11.0 Å². The maximum atomic E-state index is 17.6. The fourth-order valence-corrected chi connectivity index (χ4v) is 10.4. The molecule has 0 unspecified atom stereocenters. The van der Waals surface area contributed by atoms with Crippen LogP contribution in [0.15, 0.2) is 18.2 Å². The summed E-state index contributed by atoms with van der Waals surface area (Å²) in [5, 5.41) is 11.8. The molecule has 0 radical (unpaired) electrons. The zero-order valence-corrected chi connectivity index (χ0v) is 33.1. The highest BCUT2D eigenvalue weighted by atomic mass is 32.1. The van der Waals surface area contributed by atoms with Crippen LogP contribution in [-0.4, -0.2) is 93.9 Å². The Kier molecular flexibility index (Phi) is 9.93. The molecule has 11 nitrogen and oxygen atoms in total. The van der Waals surface area contributed by atoms with Gasteiger partial charge in [-0.05, 0) is 77.6 Å². The van der Waals surface area contributed by atoms with Crippen LogP contribution in [0.2, 0.25) is 0 Å². The Bertz CT molecular complexity index is 2380. The number of likely N-dealkylation sites (N-methyl/N-ethyl adjacent to an activating group) is 1. The van der Waals surface area contributed by atoms with Gasteiger partial charge in [0.2, 0.25) is 5.91 Å². The number of hydrogen-bond acceptors (Lipinski definition) is 10. The van der Waals surface area contributed by atoms with Crippen molar-refractivity contribution in [2.24, 2.45) is 0 Å². The molecule has 2 amide bonds. The number of hydrogen-bond donors (Lipinski definition) is 1. The second-order valence-corrected chi connectivity index (χ2v) is 17.4. The smallest absolute Gasteiger partial charge is 0.417 e. The molecule has 0 spiro atoms. The van der Waals surface area contributed by atoms with Crippen LogP contribution in [0.5, 0.6) is 6.01 Å². The molecule has 0 bridgehead atoms. The minimum absolute atomic E-state index is 0.0512. The molecule has 1 N–H and O–H groups in total. The van der Waals surface area contributed by atoms with Gasteiger partial charge >= 0.3 is 18.3 Å². The molecular formula is C40H41F6N7O4S. The third-order valence-electron chi connectivity index (χ3n) is 11.7. The Labute approximate surface area is 333 Å². The van der Waals surface area contributed by atoms with Crippen LogP contribution in [-0.2, 0) is 15.7 Å². The van der Waals surface area contributed by atoms with Crippen LogP contribution in [0.4, 0.5) is 42.0 Å². The van der Waals surface area contributed by atoms with Crippen molar-refractivity contribution in [3.63, 3.8) is 0 Å². The van der Waals surface area contributed by atoms with Crippen LogP contribution in [0.25, 0.3) is 32.1 Å². The van der Waals surface area contributed by atoms with Gasteiger partial charge in [-0.2, -0.15) is 28.4 Å². The van der Waals surface area contributed by atoms with Gasteiger partial charge in [0.05, 0.1) is 33.4 Å². The normalized spacial score (nSPS) is 23.4. The van der Waals surface area contributed by atoms with Gasteiger partial charge in [0.25, 0.3) is 0 Å². The molecule has 2 aromatic carbocycles. The maximum absolute atomic E-state index is 17.6. The average Bonchev–Trinajstić information content (AvgIpc) is 3.96. The van der Waals surface area contributed by atoms with E-state index in [2.05, 4.69) is 15.3 Å². The van der Waals surface area contributed by atoms with E-state index in [0.717, 1.165) is 31.0 Å². The third kappa shape index (κ3) is 6.83. The average molecular weight is 830 g/mol. The molecule has 2 aromatic heterocycles. The first-order valence-electron chi connectivity index (χ1n) is 19.3. The molecular weight excluding hydrogens is 789 g/mol. The monoisotopic (exact) mass is 829 g/mol. The van der Waals surface area contributed by atoms with E-state index in [0.29, 0.717) is 37.3 Å². The molecule has 6 heterocycles. The highest BCUT2D eigenvalue weighted by Gasteiger charge is 2.50. The predicted octanol–water partition coefficient (Wildman–Crippen LogP) is 8.57. The van der Waals surface area contributed by atoms with E-state index in [1.54, 1.807) is 37.5 Å². The lowest BCUT2D eigenvalue weighted by molar-refractivity contribution is -0.137. The summed E-state index contributed by atoms with van der Waals surface area (Å²) in [6.07, 6.45) is -4.12. The number of carbonyl (C=O) groups is 2. The molecule has 0 aliphatic carbocycles. The van der Waals surface area contributed by atoms with Crippen LogP contribution >= 0.6 is 11.3 Å². The number of carbonyl (C=O) groups excluding carboxylic acids is 2. The number of fused-ring (bicyclic) bond motifs is 4. The molecule has 8 rings (SSSR count). The molecule has 4 atom stereocenters. The Hall–Kier alpha value is -4.89. The number of benzene rings is 2. The number of halogens is 6. The van der Waals surface area contributed by atoms with Crippen molar-refractivity contribution in [2.75, 3.05) is 43.0 Å². The minimum Gasteiger partial charge on any atom is -0.461 e. The van der Waals surface area contributed by atoms with E-state index in [9.17, 15) is 19.2 Å². The molecule has 18 heteroatoms. The predicted molar refractivity (Wildman–Crippen MR) is 205 cm³/mol. The van der Waals surface area contributed by atoms with E-state index >= 15 is 22.0 Å². The van der Waals surface area contributed by atoms with Crippen molar-refractivity contribution in [1.29, 1.82) is 5.26 Å². The fraction of sp³-hybridized carbons (Fsp3) is 0.525. The molecule has 4 aromatic rings. The topological polar surface area (TPSA) is 124 Å². The third-order valence-corrected chi connectivity index (χ3v) is 12.8. The van der Waals surface area contributed by atoms with Crippen LogP contribution < -0.4 is 15.0 Å². The number of aromatic nitrogens is 2. The highest BCUT2D eigenvalue weighted by Crippen LogP contribution is 2.49. The number of nitrogens with one attached hydrogen (secondary N) is 1. The number of anilines is 2. The van der Waals surface area contributed by atoms with Gasteiger partial charge in [-0.15, -0.1) is 11.3 Å². The number of thiophene rings is 1. The fourth-order valence-electron chi connectivity index (χ4n) is 9.37. The van der Waals surface area contributed by atoms with Gasteiger partial charge in [-0.25, -0.2) is 18.0 Å². The first-order valence-corrected chi connectivity index (χ1v) is 20.1. The first kappa shape index (κ1) is 39.9. The van der Waals surface area contributed by atoms with Gasteiger partial charge in [0, 0.05) is 48.8 Å². The lowest BCUT2D eigenvalue weighted by Gasteiger charge is -2.34. The van der Waals surface area contributed by atoms with Crippen molar-refractivity contribution in [3.05, 3.63) is 41.0 Å². The molecule has 308 valence electrons. The van der Waals surface area contributed by atoms with E-state index < -0.39 is 75.0 Å². The van der Waals surface area contributed by atoms with Gasteiger partial charge in [-0.3, -0.25) is 15.0 Å². The number of nitrogens with zero attached hydrogens (tertiary/aromatic N) is 6. The lowest BCUT2D eigenvalue weighted by atomic mass is 9.92. The minimum atomic E-state index is -5.20. The summed E-state index contributed by atoms with van der Waals surface area (Å²) in [6.45, 7) is 8.14. The first-order chi connectivity index (χ1) is 27.4. The standard InChI is InChI=1S/C40H41F6N7O4S/c1-5-52(27-15-28(54)53-13-6-8-26(27)53)34-22-14-24(40(44,45)46)30(31(43)32(22)48-36(49-34)56-19-39-11-7-12-51(39)18-20(41)16-39)21-9-10-25(42)33-29(21)23(17-47)35(58-33)50-37(55)57-38(2,3)4/h9-10,14,20,26-27H,5-8,11-13,15-16,18-19H2,1-4H3,(H,50,55)/t20-,26+,27+,39+/m1/s1. The van der Waals surface area contributed by atoms with Gasteiger partial charge in [-0.1, -0.05) is 6.07 Å². The van der Waals surface area contributed by atoms with Crippen LogP contribution in [0, 0.1) is 23.0 Å². The zero-order chi connectivity index (χ0) is 41.5. The van der Waals surface area contributed by atoms with Crippen molar-refractivity contribution in [1.82, 2.24) is 19.8 Å². The molecule has 4 aliphatic heterocycles. The van der Waals surface area contributed by atoms with Crippen molar-refractivity contribution < 1.29 is 45.4 Å². The summed E-state index contributed by atoms with van der Waals surface area (Å²) in [5.74, 6) is -2.52. The summed E-state index contributed by atoms with van der Waals surface area (Å²) in [6, 6.07) is 3.34. The molecule has 4 saturated heterocycles. The summed E-state index contributed by atoms with van der Waals surface area (Å²) in [5.41, 5.74) is -5.46. The van der Waals surface area contributed by atoms with Gasteiger partial charge < -0.3 is 19.3 Å². The summed E-state index contributed by atoms with van der Waals surface area (Å²) in [4.78, 5) is 40.3. The SMILES string of the molecule is CCN(c1nc(OC[C@@]23CCCN2C[C@H](F)C3)nc2c(F)c(-c3ccc(F)c4sc(NC(=O)OC(C)(C)C)c(C#N)c34)c(C(F)(F)F)cc12)[C@H]1CC(=O)N2CCC[C@@H]12. The second kappa shape index (κ2) is 14.4. The molecule has 4 aliphatic rings. The van der Waals surface area contributed by atoms with Gasteiger partial charge in [0.15, 0.2) is 5.82 Å². The van der Waals surface area contributed by atoms with E-state index in [-0.39, 0.29) is 76.8 Å². The maximum Gasteiger partial charge on any atom is 0.417 e. The molecule has 0 saturated carbocycles. The van der Waals surface area contributed by atoms with Crippen molar-refractivity contribution >= 4 is 55.1 Å². The van der Waals surface area contributed by atoms with Crippen molar-refractivity contribution in [3.8, 4) is 23.2 Å². The lowest BCUT2D eigenvalue weighted by Crippen LogP contribution is -2.44. The number of amides is 2. The highest BCUT2D eigenvalue weighted by molar-refractivity contribution is 7.23. The number of ether oxygens (including phenoxy) is 2. The quantitative estimate of drug-likeness (QED) is 0.174. The summed E-state index contributed by atoms with van der Waals surface area (Å²) >= 11 is 0.593. The number of alkyl halides is 4. The van der Waals surface area contributed by atoms with E-state index in [4.69, 9.17) is 9.47 Å². The Balaban J connectivity index is 1.34. The summed E-state index contributed by atoms with van der Waals surface area (Å²) in [7, 11) is 0. The molecule has 58 heavy (non-hydrogen) atoms.